The van der Waals surface area contributed by atoms with Gasteiger partial charge < -0.3 is 10.4 Å². The standard InChI is InChI=1S/C17H15ClN4O/c18-15-6-2-1-5-14(15)16(23)13-10-21-17(22-11-13)20-9-12-4-3-7-19-8-12/h1-8,10-11,16,23H,9H2,(H,20,21,22). The lowest BCUT2D eigenvalue weighted by Gasteiger charge is -2.13. The summed E-state index contributed by atoms with van der Waals surface area (Å²) < 4.78 is 0. The Morgan fingerprint density at radius 1 is 1.04 bits per heavy atom. The first-order valence-corrected chi connectivity index (χ1v) is 7.49. The Balaban J connectivity index is 1.68. The Labute approximate surface area is 139 Å². The highest BCUT2D eigenvalue weighted by Gasteiger charge is 2.14. The minimum Gasteiger partial charge on any atom is -0.383 e. The first-order valence-electron chi connectivity index (χ1n) is 7.11. The molecular weight excluding hydrogens is 312 g/mol. The number of aromatic nitrogens is 3. The number of anilines is 1. The first kappa shape index (κ1) is 15.4. The monoisotopic (exact) mass is 326 g/mol. The second kappa shape index (κ2) is 7.17. The summed E-state index contributed by atoms with van der Waals surface area (Å²) in [5.41, 5.74) is 2.26. The van der Waals surface area contributed by atoms with E-state index in [1.54, 1.807) is 36.9 Å². The van der Waals surface area contributed by atoms with Gasteiger partial charge >= 0.3 is 0 Å². The minimum absolute atomic E-state index is 0.490. The zero-order chi connectivity index (χ0) is 16.1. The predicted molar refractivity (Wildman–Crippen MR) is 89.1 cm³/mol. The molecule has 0 bridgehead atoms. The number of benzene rings is 1. The van der Waals surface area contributed by atoms with Crippen LogP contribution in [0.3, 0.4) is 0 Å². The van der Waals surface area contributed by atoms with Crippen molar-refractivity contribution in [3.8, 4) is 0 Å². The molecule has 0 saturated heterocycles. The molecule has 2 heterocycles. The van der Waals surface area contributed by atoms with Gasteiger partial charge in [-0.25, -0.2) is 9.97 Å². The molecule has 0 saturated carbocycles. The van der Waals surface area contributed by atoms with Gasteiger partial charge in [-0.2, -0.15) is 0 Å². The maximum Gasteiger partial charge on any atom is 0.222 e. The third-order valence-corrected chi connectivity index (χ3v) is 3.70. The average molecular weight is 327 g/mol. The van der Waals surface area contributed by atoms with Crippen molar-refractivity contribution in [3.63, 3.8) is 0 Å². The smallest absolute Gasteiger partial charge is 0.222 e. The molecular formula is C17H15ClN4O. The molecule has 23 heavy (non-hydrogen) atoms. The third-order valence-electron chi connectivity index (χ3n) is 3.36. The summed E-state index contributed by atoms with van der Waals surface area (Å²) in [4.78, 5) is 12.5. The summed E-state index contributed by atoms with van der Waals surface area (Å²) in [5, 5.41) is 14.0. The van der Waals surface area contributed by atoms with Crippen LogP contribution in [0.5, 0.6) is 0 Å². The van der Waals surface area contributed by atoms with Crippen LogP contribution in [0.1, 0.15) is 22.8 Å². The van der Waals surface area contributed by atoms with Crippen molar-refractivity contribution in [2.45, 2.75) is 12.6 Å². The number of nitrogens with zero attached hydrogens (tertiary/aromatic N) is 3. The third kappa shape index (κ3) is 3.83. The maximum atomic E-state index is 10.4. The van der Waals surface area contributed by atoms with Crippen LogP contribution in [-0.4, -0.2) is 20.1 Å². The zero-order valence-electron chi connectivity index (χ0n) is 12.2. The van der Waals surface area contributed by atoms with Crippen LogP contribution in [0.2, 0.25) is 5.02 Å². The summed E-state index contributed by atoms with van der Waals surface area (Å²) in [5.74, 6) is 0.490. The van der Waals surface area contributed by atoms with Gasteiger partial charge in [0.1, 0.15) is 6.10 Å². The van der Waals surface area contributed by atoms with Gasteiger partial charge in [0.15, 0.2) is 0 Å². The largest absolute Gasteiger partial charge is 0.383 e. The quantitative estimate of drug-likeness (QED) is 0.753. The Kier molecular flexibility index (Phi) is 4.80. The molecule has 2 N–H and O–H groups in total. The van der Waals surface area contributed by atoms with Gasteiger partial charge in [-0.3, -0.25) is 4.98 Å². The molecule has 0 spiro atoms. The van der Waals surface area contributed by atoms with Crippen LogP contribution in [0, 0.1) is 0 Å². The van der Waals surface area contributed by atoms with Crippen molar-refractivity contribution in [2.24, 2.45) is 0 Å². The molecule has 0 radical (unpaired) electrons. The van der Waals surface area contributed by atoms with Crippen molar-refractivity contribution in [1.82, 2.24) is 15.0 Å². The van der Waals surface area contributed by atoms with Gasteiger partial charge in [0.05, 0.1) is 0 Å². The molecule has 0 aliphatic heterocycles. The molecule has 0 aliphatic carbocycles. The Morgan fingerprint density at radius 3 is 2.52 bits per heavy atom. The fraction of sp³-hybridized carbons (Fsp3) is 0.118. The van der Waals surface area contributed by atoms with E-state index in [0.29, 0.717) is 28.6 Å². The Hall–Kier alpha value is -2.50. The van der Waals surface area contributed by atoms with Crippen molar-refractivity contribution >= 4 is 17.5 Å². The molecule has 6 heteroatoms. The van der Waals surface area contributed by atoms with Crippen LogP contribution < -0.4 is 5.32 Å². The molecule has 116 valence electrons. The van der Waals surface area contributed by atoms with Crippen LogP contribution in [-0.2, 0) is 6.54 Å². The van der Waals surface area contributed by atoms with Gasteiger partial charge in [-0.05, 0) is 17.7 Å². The molecule has 1 unspecified atom stereocenters. The van der Waals surface area contributed by atoms with Gasteiger partial charge in [-0.15, -0.1) is 0 Å². The lowest BCUT2D eigenvalue weighted by molar-refractivity contribution is 0.219. The lowest BCUT2D eigenvalue weighted by atomic mass is 10.0. The summed E-state index contributed by atoms with van der Waals surface area (Å²) in [7, 11) is 0. The molecule has 5 nitrogen and oxygen atoms in total. The number of pyridine rings is 1. The molecule has 0 aliphatic rings. The van der Waals surface area contributed by atoms with Crippen LogP contribution >= 0.6 is 11.6 Å². The Bertz CT molecular complexity index is 765. The second-order valence-corrected chi connectivity index (χ2v) is 5.39. The lowest BCUT2D eigenvalue weighted by Crippen LogP contribution is -2.06. The molecule has 1 atom stereocenters. The van der Waals surface area contributed by atoms with E-state index in [0.717, 1.165) is 5.56 Å². The molecule has 0 fully saturated rings. The highest BCUT2D eigenvalue weighted by molar-refractivity contribution is 6.31. The average Bonchev–Trinajstić information content (AvgIpc) is 2.61. The summed E-state index contributed by atoms with van der Waals surface area (Å²) in [6, 6.07) is 11.0. The topological polar surface area (TPSA) is 70.9 Å². The molecule has 0 amide bonds. The number of hydrogen-bond acceptors (Lipinski definition) is 5. The highest BCUT2D eigenvalue weighted by atomic mass is 35.5. The van der Waals surface area contributed by atoms with E-state index >= 15 is 0 Å². The number of aliphatic hydroxyl groups is 1. The molecule has 3 aromatic rings. The van der Waals surface area contributed by atoms with Crippen molar-refractivity contribution in [1.29, 1.82) is 0 Å². The summed E-state index contributed by atoms with van der Waals surface area (Å²) >= 11 is 6.10. The number of nitrogens with one attached hydrogen (secondary N) is 1. The van der Waals surface area contributed by atoms with E-state index in [4.69, 9.17) is 11.6 Å². The van der Waals surface area contributed by atoms with Crippen LogP contribution in [0.4, 0.5) is 5.95 Å². The number of hydrogen-bond donors (Lipinski definition) is 2. The van der Waals surface area contributed by atoms with Gasteiger partial charge in [-0.1, -0.05) is 35.9 Å². The number of aliphatic hydroxyl groups excluding tert-OH is 1. The maximum absolute atomic E-state index is 10.4. The van der Waals surface area contributed by atoms with E-state index in [2.05, 4.69) is 20.3 Å². The van der Waals surface area contributed by atoms with E-state index in [9.17, 15) is 5.11 Å². The van der Waals surface area contributed by atoms with Crippen molar-refractivity contribution < 1.29 is 5.11 Å². The summed E-state index contributed by atoms with van der Waals surface area (Å²) in [6.07, 6.45) is 5.84. The summed E-state index contributed by atoms with van der Waals surface area (Å²) in [6.45, 7) is 0.584. The SMILES string of the molecule is OC(c1cnc(NCc2cccnc2)nc1)c1ccccc1Cl. The number of rotatable bonds is 5. The van der Waals surface area contributed by atoms with Gasteiger partial charge in [0.2, 0.25) is 5.95 Å². The van der Waals surface area contributed by atoms with Crippen molar-refractivity contribution in [3.05, 3.63) is 82.9 Å². The van der Waals surface area contributed by atoms with Crippen molar-refractivity contribution in [2.75, 3.05) is 5.32 Å². The molecule has 2 aromatic heterocycles. The highest BCUT2D eigenvalue weighted by Crippen LogP contribution is 2.27. The number of halogens is 1. The van der Waals surface area contributed by atoms with Crippen LogP contribution in [0.25, 0.3) is 0 Å². The van der Waals surface area contributed by atoms with E-state index in [1.165, 1.54) is 0 Å². The fourth-order valence-corrected chi connectivity index (χ4v) is 2.37. The Morgan fingerprint density at radius 2 is 1.83 bits per heavy atom. The van der Waals surface area contributed by atoms with E-state index in [1.807, 2.05) is 24.3 Å². The molecule has 1 aromatic carbocycles. The predicted octanol–water partition coefficient (Wildman–Crippen LogP) is 3.22. The first-order chi connectivity index (χ1) is 11.2. The van der Waals surface area contributed by atoms with Gasteiger partial charge in [0, 0.05) is 47.5 Å². The van der Waals surface area contributed by atoms with E-state index < -0.39 is 6.10 Å². The van der Waals surface area contributed by atoms with E-state index in [-0.39, 0.29) is 0 Å². The minimum atomic E-state index is -0.851. The zero-order valence-corrected chi connectivity index (χ0v) is 13.0. The fourth-order valence-electron chi connectivity index (χ4n) is 2.13. The molecule has 3 rings (SSSR count). The normalized spacial score (nSPS) is 11.9. The second-order valence-electron chi connectivity index (χ2n) is 4.98. The van der Waals surface area contributed by atoms with Gasteiger partial charge in [0.25, 0.3) is 0 Å². The van der Waals surface area contributed by atoms with Crippen LogP contribution in [0.15, 0.2) is 61.2 Å².